The first kappa shape index (κ1) is 13.4. The minimum atomic E-state index is -0.137. The number of carbonyl (C=O) groups excluding carboxylic acids is 1. The van der Waals surface area contributed by atoms with Crippen molar-refractivity contribution >= 4 is 5.97 Å². The van der Waals surface area contributed by atoms with Crippen LogP contribution in [0.4, 0.5) is 0 Å². The third kappa shape index (κ3) is 1.96. The van der Waals surface area contributed by atoms with Gasteiger partial charge in [0.25, 0.3) is 0 Å². The smallest absolute Gasteiger partial charge is 0.340 e. The third-order valence-corrected chi connectivity index (χ3v) is 6.17. The maximum absolute atomic E-state index is 12.4. The molecule has 4 fully saturated rings. The predicted molar refractivity (Wildman–Crippen MR) is 81.3 cm³/mol. The number of H-pyrrole nitrogens is 1. The molecular formula is C18H25NO2. The largest absolute Gasteiger partial charge is 0.462 e. The van der Waals surface area contributed by atoms with Crippen molar-refractivity contribution in [2.45, 2.75) is 57.8 Å². The molecule has 21 heavy (non-hydrogen) atoms. The molecule has 1 aromatic rings. The van der Waals surface area contributed by atoms with Gasteiger partial charge in [0.05, 0.1) is 12.2 Å². The second-order valence-corrected chi connectivity index (χ2v) is 7.62. The Labute approximate surface area is 126 Å². The summed E-state index contributed by atoms with van der Waals surface area (Å²) in [6, 6.07) is 0. The zero-order chi connectivity index (χ0) is 14.6. The Bertz CT molecular complexity index is 536. The molecule has 114 valence electrons. The van der Waals surface area contributed by atoms with Crippen molar-refractivity contribution in [1.82, 2.24) is 4.98 Å². The fourth-order valence-electron chi connectivity index (χ4n) is 5.85. The van der Waals surface area contributed by atoms with Crippen LogP contribution in [0, 0.1) is 24.7 Å². The minimum Gasteiger partial charge on any atom is -0.462 e. The Morgan fingerprint density at radius 2 is 1.81 bits per heavy atom. The number of nitrogens with one attached hydrogen (secondary N) is 1. The van der Waals surface area contributed by atoms with Crippen LogP contribution in [0.3, 0.4) is 0 Å². The van der Waals surface area contributed by atoms with E-state index in [2.05, 4.69) is 11.2 Å². The molecule has 0 radical (unpaired) electrons. The van der Waals surface area contributed by atoms with Gasteiger partial charge in [-0.15, -0.1) is 0 Å². The van der Waals surface area contributed by atoms with Crippen molar-refractivity contribution in [3.8, 4) is 0 Å². The van der Waals surface area contributed by atoms with Gasteiger partial charge in [0.2, 0.25) is 0 Å². The van der Waals surface area contributed by atoms with Crippen LogP contribution in [0.5, 0.6) is 0 Å². The summed E-state index contributed by atoms with van der Waals surface area (Å²) in [5.41, 5.74) is 3.32. The number of rotatable bonds is 3. The first-order valence-corrected chi connectivity index (χ1v) is 8.47. The number of ether oxygens (including phenoxy) is 1. The molecular weight excluding hydrogens is 262 g/mol. The highest BCUT2D eigenvalue weighted by molar-refractivity contribution is 5.93. The van der Waals surface area contributed by atoms with E-state index in [-0.39, 0.29) is 11.4 Å². The van der Waals surface area contributed by atoms with E-state index in [0.29, 0.717) is 6.61 Å². The Kier molecular flexibility index (Phi) is 2.95. The van der Waals surface area contributed by atoms with Crippen LogP contribution in [0.2, 0.25) is 0 Å². The minimum absolute atomic E-state index is 0.137. The summed E-state index contributed by atoms with van der Waals surface area (Å²) in [5, 5.41) is 0. The lowest BCUT2D eigenvalue weighted by atomic mass is 9.48. The molecule has 4 aliphatic carbocycles. The number of aryl methyl sites for hydroxylation is 1. The molecule has 0 aromatic carbocycles. The predicted octanol–water partition coefficient (Wildman–Crippen LogP) is 3.97. The molecule has 0 atom stereocenters. The molecule has 1 aromatic heterocycles. The monoisotopic (exact) mass is 287 g/mol. The molecule has 5 rings (SSSR count). The lowest BCUT2D eigenvalue weighted by Crippen LogP contribution is -2.49. The second kappa shape index (κ2) is 4.62. The van der Waals surface area contributed by atoms with E-state index in [1.54, 1.807) is 0 Å². The SMILES string of the molecule is CCOC(=O)c1c(C23CC4CC(CC(C4)C2)C3)c[nH]c1C. The maximum atomic E-state index is 12.4. The van der Waals surface area contributed by atoms with Crippen LogP contribution in [-0.4, -0.2) is 17.6 Å². The van der Waals surface area contributed by atoms with Gasteiger partial charge in [-0.05, 0) is 81.1 Å². The fraction of sp³-hybridized carbons (Fsp3) is 0.722. The summed E-state index contributed by atoms with van der Waals surface area (Å²) >= 11 is 0. The summed E-state index contributed by atoms with van der Waals surface area (Å²) in [5.74, 6) is 2.53. The van der Waals surface area contributed by atoms with Gasteiger partial charge in [0.15, 0.2) is 0 Å². The van der Waals surface area contributed by atoms with E-state index in [0.717, 1.165) is 29.0 Å². The highest BCUT2D eigenvalue weighted by Gasteiger charge is 2.53. The average molecular weight is 287 g/mol. The fourth-order valence-corrected chi connectivity index (χ4v) is 5.85. The number of aromatic nitrogens is 1. The highest BCUT2D eigenvalue weighted by Crippen LogP contribution is 2.61. The standard InChI is InChI=1S/C18H25NO2/c1-3-21-17(20)16-11(2)19-10-15(16)18-7-12-4-13(8-18)6-14(5-12)9-18/h10,12-14,19H,3-9H2,1-2H3. The Morgan fingerprint density at radius 3 is 2.33 bits per heavy atom. The molecule has 0 spiro atoms. The molecule has 4 aliphatic rings. The van der Waals surface area contributed by atoms with Crippen LogP contribution in [0.1, 0.15) is 67.1 Å². The molecule has 0 saturated heterocycles. The van der Waals surface area contributed by atoms with Crippen molar-refractivity contribution < 1.29 is 9.53 Å². The van der Waals surface area contributed by atoms with Gasteiger partial charge >= 0.3 is 5.97 Å². The Hall–Kier alpha value is -1.25. The molecule has 1 N–H and O–H groups in total. The number of carbonyl (C=O) groups is 1. The highest BCUT2D eigenvalue weighted by atomic mass is 16.5. The lowest BCUT2D eigenvalue weighted by Gasteiger charge is -2.57. The van der Waals surface area contributed by atoms with Crippen molar-refractivity contribution in [2.75, 3.05) is 6.61 Å². The van der Waals surface area contributed by atoms with E-state index < -0.39 is 0 Å². The van der Waals surface area contributed by atoms with Gasteiger partial charge in [-0.25, -0.2) is 4.79 Å². The Balaban J connectivity index is 1.75. The normalized spacial score (nSPS) is 37.0. The van der Waals surface area contributed by atoms with E-state index in [1.165, 1.54) is 44.1 Å². The van der Waals surface area contributed by atoms with Crippen molar-refractivity contribution in [3.05, 3.63) is 23.0 Å². The van der Waals surface area contributed by atoms with Crippen LogP contribution >= 0.6 is 0 Å². The molecule has 3 nitrogen and oxygen atoms in total. The summed E-state index contributed by atoms with van der Waals surface area (Å²) in [4.78, 5) is 15.7. The van der Waals surface area contributed by atoms with Crippen molar-refractivity contribution in [3.63, 3.8) is 0 Å². The molecule has 0 unspecified atom stereocenters. The van der Waals surface area contributed by atoms with E-state index >= 15 is 0 Å². The third-order valence-electron chi connectivity index (χ3n) is 6.17. The van der Waals surface area contributed by atoms with Crippen LogP contribution in [-0.2, 0) is 10.2 Å². The van der Waals surface area contributed by atoms with E-state index in [9.17, 15) is 4.79 Å². The van der Waals surface area contributed by atoms with Crippen LogP contribution < -0.4 is 0 Å². The molecule has 0 amide bonds. The summed E-state index contributed by atoms with van der Waals surface area (Å²) in [6.45, 7) is 4.32. The molecule has 0 aliphatic heterocycles. The molecule has 4 saturated carbocycles. The van der Waals surface area contributed by atoms with Gasteiger partial charge in [0, 0.05) is 11.9 Å². The van der Waals surface area contributed by atoms with Gasteiger partial charge < -0.3 is 9.72 Å². The summed E-state index contributed by atoms with van der Waals surface area (Å²) in [6.07, 6.45) is 10.2. The number of hydrogen-bond acceptors (Lipinski definition) is 2. The van der Waals surface area contributed by atoms with Crippen LogP contribution in [0.25, 0.3) is 0 Å². The van der Waals surface area contributed by atoms with Crippen molar-refractivity contribution in [1.29, 1.82) is 0 Å². The number of aromatic amines is 1. The number of esters is 1. The topological polar surface area (TPSA) is 42.1 Å². The molecule has 3 heteroatoms. The van der Waals surface area contributed by atoms with Gasteiger partial charge in [0.1, 0.15) is 0 Å². The zero-order valence-corrected chi connectivity index (χ0v) is 13.1. The summed E-state index contributed by atoms with van der Waals surface area (Å²) in [7, 11) is 0. The molecule has 4 bridgehead atoms. The average Bonchev–Trinajstić information content (AvgIpc) is 2.80. The first-order chi connectivity index (χ1) is 10.1. The Morgan fingerprint density at radius 1 is 1.24 bits per heavy atom. The van der Waals surface area contributed by atoms with Gasteiger partial charge in [-0.3, -0.25) is 0 Å². The van der Waals surface area contributed by atoms with Crippen LogP contribution in [0.15, 0.2) is 6.20 Å². The van der Waals surface area contributed by atoms with Gasteiger partial charge in [-0.1, -0.05) is 0 Å². The first-order valence-electron chi connectivity index (χ1n) is 8.47. The van der Waals surface area contributed by atoms with E-state index in [4.69, 9.17) is 4.74 Å². The summed E-state index contributed by atoms with van der Waals surface area (Å²) < 4.78 is 5.31. The second-order valence-electron chi connectivity index (χ2n) is 7.62. The van der Waals surface area contributed by atoms with Gasteiger partial charge in [-0.2, -0.15) is 0 Å². The lowest BCUT2D eigenvalue weighted by molar-refractivity contribution is -0.00595. The van der Waals surface area contributed by atoms with E-state index in [1.807, 2.05) is 13.8 Å². The molecule has 1 heterocycles. The number of hydrogen-bond donors (Lipinski definition) is 1. The quantitative estimate of drug-likeness (QED) is 0.855. The zero-order valence-electron chi connectivity index (χ0n) is 13.1. The van der Waals surface area contributed by atoms with Crippen molar-refractivity contribution in [2.24, 2.45) is 17.8 Å². The maximum Gasteiger partial charge on any atom is 0.340 e.